The van der Waals surface area contributed by atoms with Crippen molar-refractivity contribution in [1.82, 2.24) is 15.3 Å². The molecule has 0 aliphatic rings. The Morgan fingerprint density at radius 1 is 1.09 bits per heavy atom. The van der Waals surface area contributed by atoms with E-state index >= 15 is 0 Å². The molecule has 0 aliphatic carbocycles. The first kappa shape index (κ1) is 24.1. The van der Waals surface area contributed by atoms with Gasteiger partial charge in [0.15, 0.2) is 5.82 Å². The quantitative estimate of drug-likeness (QED) is 0.371. The Kier molecular flexibility index (Phi) is 7.29. The molecule has 2 aromatic carbocycles. The number of aromatic nitrogens is 2. The zero-order chi connectivity index (χ0) is 24.2. The smallest absolute Gasteiger partial charge is 0.251 e. The van der Waals surface area contributed by atoms with Crippen molar-refractivity contribution in [2.24, 2.45) is 0 Å². The SMILES string of the molecule is CCNC(=O)c1ccc(F)c(Nc2ncc(Cl)c(Nc3cccc(F)c3NS(C)(=O)=O)n2)c1. The molecular weight excluding hydrogens is 478 g/mol. The van der Waals surface area contributed by atoms with Crippen molar-refractivity contribution in [3.05, 3.63) is 64.8 Å². The summed E-state index contributed by atoms with van der Waals surface area (Å²) in [5.74, 6) is -1.93. The Morgan fingerprint density at radius 2 is 1.85 bits per heavy atom. The van der Waals surface area contributed by atoms with E-state index in [1.54, 1.807) is 6.92 Å². The number of benzene rings is 2. The van der Waals surface area contributed by atoms with E-state index in [1.807, 2.05) is 0 Å². The fourth-order valence-electron chi connectivity index (χ4n) is 2.71. The topological polar surface area (TPSA) is 125 Å². The maximum absolute atomic E-state index is 14.3. The molecule has 1 heterocycles. The molecular formula is C20H19ClF2N6O3S. The first-order valence-electron chi connectivity index (χ1n) is 9.48. The van der Waals surface area contributed by atoms with E-state index in [4.69, 9.17) is 11.6 Å². The lowest BCUT2D eigenvalue weighted by Gasteiger charge is -2.15. The molecule has 4 N–H and O–H groups in total. The summed E-state index contributed by atoms with van der Waals surface area (Å²) in [4.78, 5) is 20.2. The van der Waals surface area contributed by atoms with Gasteiger partial charge in [-0.25, -0.2) is 22.2 Å². The molecule has 0 bridgehead atoms. The number of hydrogen-bond donors (Lipinski definition) is 4. The van der Waals surface area contributed by atoms with Gasteiger partial charge in [-0.05, 0) is 37.3 Å². The zero-order valence-electron chi connectivity index (χ0n) is 17.4. The van der Waals surface area contributed by atoms with E-state index in [2.05, 4.69) is 30.6 Å². The lowest BCUT2D eigenvalue weighted by Crippen LogP contribution is -2.22. The second-order valence-electron chi connectivity index (χ2n) is 6.73. The minimum absolute atomic E-state index is 0.00314. The number of nitrogens with one attached hydrogen (secondary N) is 4. The lowest BCUT2D eigenvalue weighted by molar-refractivity contribution is 0.0956. The highest BCUT2D eigenvalue weighted by Crippen LogP contribution is 2.31. The number of carbonyl (C=O) groups is 1. The van der Waals surface area contributed by atoms with Crippen LogP contribution in [-0.4, -0.2) is 37.1 Å². The number of amides is 1. The third-order valence-electron chi connectivity index (χ3n) is 4.11. The average molecular weight is 497 g/mol. The third-order valence-corrected chi connectivity index (χ3v) is 4.96. The summed E-state index contributed by atoms with van der Waals surface area (Å²) in [5.41, 5.74) is -0.122. The van der Waals surface area contributed by atoms with Crippen LogP contribution in [0.3, 0.4) is 0 Å². The summed E-state index contributed by atoms with van der Waals surface area (Å²) in [7, 11) is -3.78. The highest BCUT2D eigenvalue weighted by atomic mass is 35.5. The minimum Gasteiger partial charge on any atom is -0.352 e. The van der Waals surface area contributed by atoms with E-state index in [0.717, 1.165) is 18.4 Å². The molecule has 33 heavy (non-hydrogen) atoms. The van der Waals surface area contributed by atoms with Crippen LogP contribution in [0.15, 0.2) is 42.6 Å². The Hall–Kier alpha value is -3.51. The molecule has 0 saturated heterocycles. The summed E-state index contributed by atoms with van der Waals surface area (Å²) in [6, 6.07) is 7.61. The van der Waals surface area contributed by atoms with Crippen LogP contribution in [0.25, 0.3) is 0 Å². The predicted octanol–water partition coefficient (Wildman–Crippen LogP) is 4.02. The molecule has 0 radical (unpaired) electrons. The summed E-state index contributed by atoms with van der Waals surface area (Å²) in [5, 5.41) is 8.06. The van der Waals surface area contributed by atoms with Crippen molar-refractivity contribution >= 4 is 56.4 Å². The van der Waals surface area contributed by atoms with Gasteiger partial charge < -0.3 is 16.0 Å². The number of halogens is 3. The molecule has 3 aromatic rings. The van der Waals surface area contributed by atoms with Gasteiger partial charge in [0, 0.05) is 12.1 Å². The summed E-state index contributed by atoms with van der Waals surface area (Å²) < 4.78 is 53.8. The van der Waals surface area contributed by atoms with Gasteiger partial charge in [-0.15, -0.1) is 0 Å². The highest BCUT2D eigenvalue weighted by molar-refractivity contribution is 7.92. The summed E-state index contributed by atoms with van der Waals surface area (Å²) in [6.45, 7) is 2.16. The molecule has 0 spiro atoms. The maximum atomic E-state index is 14.3. The van der Waals surface area contributed by atoms with Crippen molar-refractivity contribution in [2.75, 3.05) is 28.2 Å². The molecule has 0 atom stereocenters. The molecule has 174 valence electrons. The van der Waals surface area contributed by atoms with Gasteiger partial charge in [-0.2, -0.15) is 4.98 Å². The van der Waals surface area contributed by atoms with Gasteiger partial charge in [0.1, 0.15) is 22.3 Å². The molecule has 3 rings (SSSR count). The maximum Gasteiger partial charge on any atom is 0.251 e. The van der Waals surface area contributed by atoms with Gasteiger partial charge in [0.25, 0.3) is 5.91 Å². The van der Waals surface area contributed by atoms with E-state index in [1.165, 1.54) is 30.5 Å². The summed E-state index contributed by atoms with van der Waals surface area (Å²) >= 11 is 6.13. The number of rotatable bonds is 8. The van der Waals surface area contributed by atoms with E-state index < -0.39 is 21.7 Å². The molecule has 1 aromatic heterocycles. The predicted molar refractivity (Wildman–Crippen MR) is 123 cm³/mol. The summed E-state index contributed by atoms with van der Waals surface area (Å²) in [6.07, 6.45) is 2.10. The molecule has 0 aliphatic heterocycles. The minimum atomic E-state index is -3.78. The Bertz CT molecular complexity index is 1310. The number of nitrogens with zero attached hydrogens (tertiary/aromatic N) is 2. The van der Waals surface area contributed by atoms with Crippen LogP contribution in [0.4, 0.5) is 37.6 Å². The van der Waals surface area contributed by atoms with Gasteiger partial charge in [-0.3, -0.25) is 9.52 Å². The van der Waals surface area contributed by atoms with E-state index in [0.29, 0.717) is 6.54 Å². The van der Waals surface area contributed by atoms with Crippen molar-refractivity contribution in [3.63, 3.8) is 0 Å². The molecule has 0 saturated carbocycles. The van der Waals surface area contributed by atoms with Crippen LogP contribution >= 0.6 is 11.6 Å². The van der Waals surface area contributed by atoms with Gasteiger partial charge in [-0.1, -0.05) is 17.7 Å². The van der Waals surface area contributed by atoms with Crippen molar-refractivity contribution < 1.29 is 22.0 Å². The van der Waals surface area contributed by atoms with Gasteiger partial charge in [0.2, 0.25) is 16.0 Å². The Labute approximate surface area is 193 Å². The fourth-order valence-corrected chi connectivity index (χ4v) is 3.42. The average Bonchev–Trinajstić information content (AvgIpc) is 2.74. The zero-order valence-corrected chi connectivity index (χ0v) is 19.0. The van der Waals surface area contributed by atoms with Gasteiger partial charge >= 0.3 is 0 Å². The molecule has 13 heteroatoms. The van der Waals surface area contributed by atoms with Crippen LogP contribution in [0.1, 0.15) is 17.3 Å². The van der Waals surface area contributed by atoms with Crippen molar-refractivity contribution in [1.29, 1.82) is 0 Å². The van der Waals surface area contributed by atoms with Crippen LogP contribution in [0.2, 0.25) is 5.02 Å². The van der Waals surface area contributed by atoms with E-state index in [-0.39, 0.29) is 45.3 Å². The number of anilines is 5. The number of hydrogen-bond acceptors (Lipinski definition) is 7. The second-order valence-corrected chi connectivity index (χ2v) is 8.89. The highest BCUT2D eigenvalue weighted by Gasteiger charge is 2.16. The fraction of sp³-hybridized carbons (Fsp3) is 0.150. The second kappa shape index (κ2) is 9.96. The largest absolute Gasteiger partial charge is 0.352 e. The van der Waals surface area contributed by atoms with Crippen LogP contribution in [-0.2, 0) is 10.0 Å². The first-order valence-corrected chi connectivity index (χ1v) is 11.7. The van der Waals surface area contributed by atoms with Crippen LogP contribution in [0.5, 0.6) is 0 Å². The third kappa shape index (κ3) is 6.26. The normalized spacial score (nSPS) is 11.1. The molecule has 1 amide bonds. The van der Waals surface area contributed by atoms with Crippen molar-refractivity contribution in [3.8, 4) is 0 Å². The Morgan fingerprint density at radius 3 is 2.55 bits per heavy atom. The standard InChI is InChI=1S/C20H19ClF2N6O3S/c1-3-24-19(30)11-7-8-13(22)16(9-11)27-20-25-10-12(21)18(28-20)26-15-6-4-5-14(23)17(15)29-33(2,31)32/h4-10,29H,3H2,1-2H3,(H,24,30)(H2,25,26,27,28). The van der Waals surface area contributed by atoms with Crippen LogP contribution < -0.4 is 20.7 Å². The molecule has 0 unspecified atom stereocenters. The number of carbonyl (C=O) groups excluding carboxylic acids is 1. The van der Waals surface area contributed by atoms with E-state index in [9.17, 15) is 22.0 Å². The van der Waals surface area contributed by atoms with Gasteiger partial charge in [0.05, 0.1) is 23.8 Å². The van der Waals surface area contributed by atoms with Crippen LogP contribution in [0, 0.1) is 11.6 Å². The lowest BCUT2D eigenvalue weighted by atomic mass is 10.2. The molecule has 0 fully saturated rings. The van der Waals surface area contributed by atoms with Crippen molar-refractivity contribution in [2.45, 2.75) is 6.92 Å². The molecule has 9 nitrogen and oxygen atoms in total. The first-order chi connectivity index (χ1) is 15.6. The monoisotopic (exact) mass is 496 g/mol. The number of sulfonamides is 1. The number of para-hydroxylation sites is 1. The Balaban J connectivity index is 1.91.